The molecule has 0 unspecified atom stereocenters. The SMILES string of the molecule is CN(C)[C@@H](CNC(=O)NCc1ccccc1)c1cccs1. The van der Waals surface area contributed by atoms with Crippen molar-refractivity contribution in [1.82, 2.24) is 15.5 Å². The molecule has 2 N–H and O–H groups in total. The number of thiophene rings is 1. The van der Waals surface area contributed by atoms with E-state index in [4.69, 9.17) is 0 Å². The molecule has 0 radical (unpaired) electrons. The highest BCUT2D eigenvalue weighted by Crippen LogP contribution is 2.22. The number of likely N-dealkylation sites (N-methyl/N-ethyl adjacent to an activating group) is 1. The van der Waals surface area contributed by atoms with Gasteiger partial charge in [-0.3, -0.25) is 0 Å². The van der Waals surface area contributed by atoms with Crippen LogP contribution in [0.4, 0.5) is 4.79 Å². The average Bonchev–Trinajstić information content (AvgIpc) is 3.00. The zero-order valence-electron chi connectivity index (χ0n) is 12.4. The van der Waals surface area contributed by atoms with Gasteiger partial charge in [0.05, 0.1) is 6.04 Å². The fourth-order valence-corrected chi connectivity index (χ4v) is 2.97. The van der Waals surface area contributed by atoms with E-state index in [-0.39, 0.29) is 12.1 Å². The zero-order valence-corrected chi connectivity index (χ0v) is 13.2. The van der Waals surface area contributed by atoms with Gasteiger partial charge in [0.15, 0.2) is 0 Å². The molecule has 5 heteroatoms. The molecule has 0 spiro atoms. The molecule has 1 aromatic carbocycles. The third-order valence-electron chi connectivity index (χ3n) is 3.25. The third-order valence-corrected chi connectivity index (χ3v) is 4.22. The second-order valence-corrected chi connectivity index (χ2v) is 6.02. The summed E-state index contributed by atoms with van der Waals surface area (Å²) in [4.78, 5) is 15.2. The fourth-order valence-electron chi connectivity index (χ4n) is 2.05. The normalized spacial score (nSPS) is 12.1. The molecule has 1 aromatic heterocycles. The molecule has 1 heterocycles. The van der Waals surface area contributed by atoms with E-state index in [1.165, 1.54) is 4.88 Å². The Balaban J connectivity index is 1.80. The third kappa shape index (κ3) is 4.88. The van der Waals surface area contributed by atoms with Gasteiger partial charge in [-0.1, -0.05) is 36.4 Å². The van der Waals surface area contributed by atoms with E-state index in [0.29, 0.717) is 13.1 Å². The minimum Gasteiger partial charge on any atom is -0.336 e. The van der Waals surface area contributed by atoms with Crippen LogP contribution in [0.5, 0.6) is 0 Å². The maximum atomic E-state index is 11.9. The topological polar surface area (TPSA) is 44.4 Å². The van der Waals surface area contributed by atoms with Gasteiger partial charge >= 0.3 is 6.03 Å². The van der Waals surface area contributed by atoms with E-state index >= 15 is 0 Å². The molecular weight excluding hydrogens is 282 g/mol. The molecule has 21 heavy (non-hydrogen) atoms. The maximum Gasteiger partial charge on any atom is 0.315 e. The molecule has 0 fully saturated rings. The highest BCUT2D eigenvalue weighted by atomic mass is 32.1. The van der Waals surface area contributed by atoms with Gasteiger partial charge in [-0.15, -0.1) is 11.3 Å². The predicted octanol–water partition coefficient (Wildman–Crippen LogP) is 2.85. The summed E-state index contributed by atoms with van der Waals surface area (Å²) in [6, 6.07) is 14.1. The monoisotopic (exact) mass is 303 g/mol. The maximum absolute atomic E-state index is 11.9. The molecule has 0 aliphatic heterocycles. The molecule has 0 saturated heterocycles. The lowest BCUT2D eigenvalue weighted by Crippen LogP contribution is -2.40. The van der Waals surface area contributed by atoms with Crippen LogP contribution in [0, 0.1) is 0 Å². The zero-order chi connectivity index (χ0) is 15.1. The first kappa shape index (κ1) is 15.5. The molecule has 0 bridgehead atoms. The Kier molecular flexibility index (Phi) is 5.78. The number of nitrogens with one attached hydrogen (secondary N) is 2. The van der Waals surface area contributed by atoms with E-state index in [2.05, 4.69) is 27.0 Å². The number of hydrogen-bond donors (Lipinski definition) is 2. The summed E-state index contributed by atoms with van der Waals surface area (Å²) in [7, 11) is 4.04. The van der Waals surface area contributed by atoms with Crippen LogP contribution in [-0.4, -0.2) is 31.6 Å². The van der Waals surface area contributed by atoms with Crippen LogP contribution in [0.15, 0.2) is 47.8 Å². The highest BCUT2D eigenvalue weighted by Gasteiger charge is 2.15. The molecule has 2 rings (SSSR count). The van der Waals surface area contributed by atoms with E-state index in [1.807, 2.05) is 50.5 Å². The van der Waals surface area contributed by atoms with Crippen molar-refractivity contribution < 1.29 is 4.79 Å². The molecule has 0 aliphatic carbocycles. The number of benzene rings is 1. The largest absolute Gasteiger partial charge is 0.336 e. The molecule has 4 nitrogen and oxygen atoms in total. The Bertz CT molecular complexity index is 540. The standard InChI is InChI=1S/C16H21N3OS/c1-19(2)14(15-9-6-10-21-15)12-18-16(20)17-11-13-7-4-3-5-8-13/h3-10,14H,11-12H2,1-2H3,(H2,17,18,20)/t14-/m0/s1. The van der Waals surface area contributed by atoms with Crippen LogP contribution in [0.3, 0.4) is 0 Å². The van der Waals surface area contributed by atoms with Gasteiger partial charge in [-0.2, -0.15) is 0 Å². The second-order valence-electron chi connectivity index (χ2n) is 5.04. The molecule has 112 valence electrons. The Hall–Kier alpha value is -1.85. The Labute approximate surface area is 129 Å². The van der Waals surface area contributed by atoms with Crippen molar-refractivity contribution in [3.8, 4) is 0 Å². The van der Waals surface area contributed by atoms with Crippen LogP contribution < -0.4 is 10.6 Å². The van der Waals surface area contributed by atoms with Crippen LogP contribution >= 0.6 is 11.3 Å². The minimum absolute atomic E-state index is 0.137. The summed E-state index contributed by atoms with van der Waals surface area (Å²) in [6.07, 6.45) is 0. The lowest BCUT2D eigenvalue weighted by Gasteiger charge is -2.23. The lowest BCUT2D eigenvalue weighted by atomic mass is 10.2. The van der Waals surface area contributed by atoms with Crippen molar-refractivity contribution in [1.29, 1.82) is 0 Å². The summed E-state index contributed by atoms with van der Waals surface area (Å²) in [6.45, 7) is 1.13. The first-order chi connectivity index (χ1) is 10.2. The molecule has 1 atom stereocenters. The number of urea groups is 1. The molecule has 0 saturated carbocycles. The number of nitrogens with zero attached hydrogens (tertiary/aromatic N) is 1. The number of rotatable bonds is 6. The van der Waals surface area contributed by atoms with Crippen LogP contribution in [0.25, 0.3) is 0 Å². The molecule has 2 amide bonds. The van der Waals surface area contributed by atoms with Gasteiger partial charge in [-0.25, -0.2) is 4.79 Å². The van der Waals surface area contributed by atoms with E-state index < -0.39 is 0 Å². The van der Waals surface area contributed by atoms with Crippen molar-refractivity contribution in [2.45, 2.75) is 12.6 Å². The van der Waals surface area contributed by atoms with Crippen LogP contribution in [0.1, 0.15) is 16.5 Å². The highest BCUT2D eigenvalue weighted by molar-refractivity contribution is 7.10. The van der Waals surface area contributed by atoms with Crippen LogP contribution in [0.2, 0.25) is 0 Å². The predicted molar refractivity (Wildman–Crippen MR) is 87.4 cm³/mol. The summed E-state index contributed by atoms with van der Waals surface area (Å²) in [5.41, 5.74) is 1.09. The van der Waals surface area contributed by atoms with Gasteiger partial charge in [0, 0.05) is 18.0 Å². The first-order valence-electron chi connectivity index (χ1n) is 6.92. The smallest absolute Gasteiger partial charge is 0.315 e. The van der Waals surface area contributed by atoms with Gasteiger partial charge in [0.25, 0.3) is 0 Å². The molecule has 0 aliphatic rings. The second kappa shape index (κ2) is 7.81. The Morgan fingerprint density at radius 2 is 1.90 bits per heavy atom. The number of hydrogen-bond acceptors (Lipinski definition) is 3. The van der Waals surface area contributed by atoms with Crippen molar-refractivity contribution in [3.05, 3.63) is 58.3 Å². The van der Waals surface area contributed by atoms with Gasteiger partial charge in [0.2, 0.25) is 0 Å². The van der Waals surface area contributed by atoms with Crippen molar-refractivity contribution in [2.75, 3.05) is 20.6 Å². The molecular formula is C16H21N3OS. The Morgan fingerprint density at radius 3 is 2.52 bits per heavy atom. The van der Waals surface area contributed by atoms with Gasteiger partial charge in [-0.05, 0) is 31.1 Å². The summed E-state index contributed by atoms with van der Waals surface area (Å²) >= 11 is 1.71. The number of carbonyl (C=O) groups excluding carboxylic acids is 1. The first-order valence-corrected chi connectivity index (χ1v) is 7.80. The minimum atomic E-state index is -0.137. The number of carbonyl (C=O) groups is 1. The summed E-state index contributed by atoms with van der Waals surface area (Å²) in [5.74, 6) is 0. The Morgan fingerprint density at radius 1 is 1.14 bits per heavy atom. The lowest BCUT2D eigenvalue weighted by molar-refractivity contribution is 0.233. The van der Waals surface area contributed by atoms with E-state index in [0.717, 1.165) is 5.56 Å². The average molecular weight is 303 g/mol. The number of amides is 2. The van der Waals surface area contributed by atoms with Gasteiger partial charge < -0.3 is 15.5 Å². The summed E-state index contributed by atoms with van der Waals surface area (Å²) in [5, 5.41) is 7.87. The van der Waals surface area contributed by atoms with Crippen LogP contribution in [-0.2, 0) is 6.54 Å². The van der Waals surface area contributed by atoms with E-state index in [9.17, 15) is 4.79 Å². The van der Waals surface area contributed by atoms with E-state index in [1.54, 1.807) is 11.3 Å². The van der Waals surface area contributed by atoms with Gasteiger partial charge in [0.1, 0.15) is 0 Å². The summed E-state index contributed by atoms with van der Waals surface area (Å²) < 4.78 is 0. The fraction of sp³-hybridized carbons (Fsp3) is 0.312. The van der Waals surface area contributed by atoms with Crippen molar-refractivity contribution in [2.24, 2.45) is 0 Å². The quantitative estimate of drug-likeness (QED) is 0.862. The van der Waals surface area contributed by atoms with Crippen molar-refractivity contribution in [3.63, 3.8) is 0 Å². The molecule has 2 aromatic rings. The van der Waals surface area contributed by atoms with Crippen molar-refractivity contribution >= 4 is 17.4 Å².